The molecule has 0 saturated heterocycles. The fraction of sp³-hybridized carbons (Fsp3) is 0.364. The van der Waals surface area contributed by atoms with E-state index >= 15 is 0 Å². The topological polar surface area (TPSA) is 83.5 Å². The molecule has 0 spiro atoms. The van der Waals surface area contributed by atoms with E-state index in [4.69, 9.17) is 5.11 Å². The van der Waals surface area contributed by atoms with Gasteiger partial charge in [-0.25, -0.2) is 8.42 Å². The van der Waals surface area contributed by atoms with Gasteiger partial charge in [-0.05, 0) is 25.3 Å². The Labute approximate surface area is 111 Å². The van der Waals surface area contributed by atoms with Crippen LogP contribution in [0.5, 0.6) is 0 Å². The Morgan fingerprint density at radius 2 is 1.94 bits per heavy atom. The van der Waals surface area contributed by atoms with Crippen molar-refractivity contribution in [2.24, 2.45) is 0 Å². The van der Waals surface area contributed by atoms with Crippen LogP contribution in [0.2, 0.25) is 0 Å². The number of sulfonamides is 1. The summed E-state index contributed by atoms with van der Waals surface area (Å²) in [5.41, 5.74) is 0.938. The zero-order valence-corrected chi connectivity index (χ0v) is 11.7. The van der Waals surface area contributed by atoms with Crippen molar-refractivity contribution in [1.82, 2.24) is 4.72 Å². The Balaban J connectivity index is 2.93. The van der Waals surface area contributed by atoms with E-state index in [1.165, 1.54) is 23.9 Å². The highest BCUT2D eigenvalue weighted by molar-refractivity contribution is 7.98. The summed E-state index contributed by atoms with van der Waals surface area (Å²) in [7, 11) is -3.79. The fourth-order valence-corrected chi connectivity index (χ4v) is 3.15. The minimum absolute atomic E-state index is 0.0699. The van der Waals surface area contributed by atoms with Crippen molar-refractivity contribution >= 4 is 27.8 Å². The molecule has 0 radical (unpaired) electrons. The van der Waals surface area contributed by atoms with Crippen LogP contribution in [0.3, 0.4) is 0 Å². The summed E-state index contributed by atoms with van der Waals surface area (Å²) in [4.78, 5) is 11.0. The first-order valence-corrected chi connectivity index (χ1v) is 8.05. The molecule has 0 saturated carbocycles. The number of carboxylic acids is 1. The van der Waals surface area contributed by atoms with Crippen molar-refractivity contribution in [1.29, 1.82) is 0 Å². The van der Waals surface area contributed by atoms with E-state index in [-0.39, 0.29) is 10.6 Å². The van der Waals surface area contributed by atoms with Crippen molar-refractivity contribution in [3.8, 4) is 0 Å². The molecule has 0 bridgehead atoms. The van der Waals surface area contributed by atoms with E-state index in [9.17, 15) is 13.2 Å². The monoisotopic (exact) mass is 289 g/mol. The fourth-order valence-electron chi connectivity index (χ4n) is 1.30. The molecule has 0 unspecified atom stereocenters. The first kappa shape index (κ1) is 15.0. The van der Waals surface area contributed by atoms with Crippen molar-refractivity contribution in [3.63, 3.8) is 0 Å². The van der Waals surface area contributed by atoms with E-state index in [1.54, 1.807) is 18.4 Å². The number of hydrogen-bond donors (Lipinski definition) is 2. The average Bonchev–Trinajstić information content (AvgIpc) is 2.28. The average molecular weight is 289 g/mol. The molecule has 0 amide bonds. The first-order chi connectivity index (χ1) is 8.36. The number of hydrogen-bond acceptors (Lipinski definition) is 4. The largest absolute Gasteiger partial charge is 0.480 e. The minimum Gasteiger partial charge on any atom is -0.480 e. The summed E-state index contributed by atoms with van der Waals surface area (Å²) in [6.07, 6.45) is 1.72. The highest BCUT2D eigenvalue weighted by Crippen LogP contribution is 2.11. The lowest BCUT2D eigenvalue weighted by Crippen LogP contribution is -2.42. The Bertz CT molecular complexity index is 510. The predicted molar refractivity (Wildman–Crippen MR) is 71.3 cm³/mol. The molecular weight excluding hydrogens is 274 g/mol. The normalized spacial score (nSPS) is 13.2. The predicted octanol–water partition coefficient (Wildman–Crippen LogP) is 1.09. The number of carbonyl (C=O) groups is 1. The second-order valence-corrected chi connectivity index (χ2v) is 6.41. The van der Waals surface area contributed by atoms with Gasteiger partial charge in [-0.15, -0.1) is 0 Å². The maximum atomic E-state index is 11.9. The molecule has 0 aliphatic rings. The molecule has 0 heterocycles. The Hall–Kier alpha value is -1.05. The van der Waals surface area contributed by atoms with Crippen molar-refractivity contribution in [2.45, 2.75) is 17.9 Å². The number of thioether (sulfide) groups is 1. The quantitative estimate of drug-likeness (QED) is 0.819. The van der Waals surface area contributed by atoms with E-state index in [2.05, 4.69) is 4.72 Å². The van der Waals surface area contributed by atoms with Gasteiger partial charge in [-0.2, -0.15) is 16.5 Å². The van der Waals surface area contributed by atoms with Crippen LogP contribution in [-0.2, 0) is 14.8 Å². The van der Waals surface area contributed by atoms with Crippen LogP contribution in [0.15, 0.2) is 29.2 Å². The first-order valence-electron chi connectivity index (χ1n) is 5.17. The lowest BCUT2D eigenvalue weighted by Gasteiger charge is -2.13. The highest BCUT2D eigenvalue weighted by atomic mass is 32.2. The minimum atomic E-state index is -3.79. The van der Waals surface area contributed by atoms with Crippen molar-refractivity contribution in [3.05, 3.63) is 29.8 Å². The van der Waals surface area contributed by atoms with Crippen LogP contribution >= 0.6 is 11.8 Å². The van der Waals surface area contributed by atoms with Gasteiger partial charge in [0, 0.05) is 5.75 Å². The molecule has 100 valence electrons. The van der Waals surface area contributed by atoms with Crippen LogP contribution in [-0.4, -0.2) is 37.5 Å². The van der Waals surface area contributed by atoms with Crippen molar-refractivity contribution < 1.29 is 18.3 Å². The molecule has 1 rings (SSSR count). The SMILES string of the molecule is CSC[C@H](NS(=O)(=O)c1ccc(C)cc1)C(=O)O. The summed E-state index contributed by atoms with van der Waals surface area (Å²) in [5, 5.41) is 8.92. The number of benzene rings is 1. The highest BCUT2D eigenvalue weighted by Gasteiger charge is 2.24. The molecule has 0 fully saturated rings. The molecule has 1 aromatic rings. The Kier molecular flexibility index (Phi) is 5.18. The standard InChI is InChI=1S/C11H15NO4S2/c1-8-3-5-9(6-4-8)18(15,16)12-10(7-17-2)11(13)14/h3-6,10,12H,7H2,1-2H3,(H,13,14)/t10-/m0/s1. The summed E-state index contributed by atoms with van der Waals surface area (Å²) >= 11 is 1.27. The van der Waals surface area contributed by atoms with Gasteiger partial charge in [-0.1, -0.05) is 17.7 Å². The number of nitrogens with one attached hydrogen (secondary N) is 1. The molecule has 1 aromatic carbocycles. The van der Waals surface area contributed by atoms with Gasteiger partial charge in [0.1, 0.15) is 6.04 Å². The lowest BCUT2D eigenvalue weighted by molar-refractivity contribution is -0.138. The van der Waals surface area contributed by atoms with E-state index in [1.807, 2.05) is 6.92 Å². The molecule has 1 atom stereocenters. The molecule has 0 aromatic heterocycles. The van der Waals surface area contributed by atoms with Gasteiger partial charge in [0.25, 0.3) is 0 Å². The zero-order valence-electron chi connectivity index (χ0n) is 10.1. The van der Waals surface area contributed by atoms with Gasteiger partial charge < -0.3 is 5.11 Å². The van der Waals surface area contributed by atoms with Gasteiger partial charge in [0.2, 0.25) is 10.0 Å². The maximum Gasteiger partial charge on any atom is 0.322 e. The number of carboxylic acid groups (broad SMARTS) is 1. The number of aliphatic carboxylic acids is 1. The van der Waals surface area contributed by atoms with Crippen molar-refractivity contribution in [2.75, 3.05) is 12.0 Å². The number of rotatable bonds is 6. The molecule has 18 heavy (non-hydrogen) atoms. The van der Waals surface area contributed by atoms with E-state index in [0.29, 0.717) is 0 Å². The van der Waals surface area contributed by atoms with Crippen LogP contribution in [0.25, 0.3) is 0 Å². The molecule has 2 N–H and O–H groups in total. The molecular formula is C11H15NO4S2. The van der Waals surface area contributed by atoms with Crippen LogP contribution < -0.4 is 4.72 Å². The van der Waals surface area contributed by atoms with Crippen LogP contribution in [0.4, 0.5) is 0 Å². The smallest absolute Gasteiger partial charge is 0.322 e. The van der Waals surface area contributed by atoms with Gasteiger partial charge >= 0.3 is 5.97 Å². The third kappa shape index (κ3) is 4.01. The Morgan fingerprint density at radius 1 is 1.39 bits per heavy atom. The molecule has 0 aliphatic carbocycles. The summed E-state index contributed by atoms with van der Waals surface area (Å²) in [6, 6.07) is 5.12. The number of aryl methyl sites for hydroxylation is 1. The molecule has 0 aliphatic heterocycles. The zero-order chi connectivity index (χ0) is 13.8. The third-order valence-electron chi connectivity index (χ3n) is 2.26. The summed E-state index contributed by atoms with van der Waals surface area (Å²) in [5.74, 6) is -1.000. The second-order valence-electron chi connectivity index (χ2n) is 3.78. The summed E-state index contributed by atoms with van der Waals surface area (Å²) < 4.78 is 26.1. The molecule has 5 nitrogen and oxygen atoms in total. The van der Waals surface area contributed by atoms with Gasteiger partial charge in [0.05, 0.1) is 4.90 Å². The van der Waals surface area contributed by atoms with Gasteiger partial charge in [-0.3, -0.25) is 4.79 Å². The second kappa shape index (κ2) is 6.21. The maximum absolute atomic E-state index is 11.9. The van der Waals surface area contributed by atoms with Crippen LogP contribution in [0, 0.1) is 6.92 Å². The van der Waals surface area contributed by atoms with Crippen LogP contribution in [0.1, 0.15) is 5.56 Å². The lowest BCUT2D eigenvalue weighted by atomic mass is 10.2. The van der Waals surface area contributed by atoms with Gasteiger partial charge in [0.15, 0.2) is 0 Å². The summed E-state index contributed by atoms with van der Waals surface area (Å²) in [6.45, 7) is 1.84. The Morgan fingerprint density at radius 3 is 2.39 bits per heavy atom. The van der Waals surface area contributed by atoms with E-state index < -0.39 is 22.0 Å². The van der Waals surface area contributed by atoms with E-state index in [0.717, 1.165) is 5.56 Å². The third-order valence-corrected chi connectivity index (χ3v) is 4.41. The molecule has 7 heteroatoms.